The maximum absolute atomic E-state index is 13.5. The lowest BCUT2D eigenvalue weighted by atomic mass is 9.87. The van der Waals surface area contributed by atoms with E-state index in [-0.39, 0.29) is 33.5 Å². The quantitative estimate of drug-likeness (QED) is 0.351. The lowest BCUT2D eigenvalue weighted by Gasteiger charge is -2.41. The van der Waals surface area contributed by atoms with Crippen LogP contribution in [0, 0.1) is 0 Å². The van der Waals surface area contributed by atoms with E-state index in [2.05, 4.69) is 19.6 Å². The Morgan fingerprint density at radius 2 is 1.57 bits per heavy atom. The van der Waals surface area contributed by atoms with Crippen LogP contribution >= 0.6 is 0 Å². The molecular weight excluding hydrogens is 562 g/mol. The molecule has 1 saturated heterocycles. The number of carboxylic acids is 1. The number of methoxy groups -OCH3 is 1. The van der Waals surface area contributed by atoms with Crippen LogP contribution in [0.1, 0.15) is 33.3 Å². The maximum Gasteiger partial charge on any atom is 0.363 e. The zero-order chi connectivity index (χ0) is 30.7. The molecule has 1 aromatic heterocycles. The lowest BCUT2D eigenvalue weighted by molar-refractivity contribution is -0.176. The molecule has 0 saturated carbocycles. The molecule has 0 radical (unpaired) electrons. The smallest absolute Gasteiger partial charge is 0.363 e. The highest BCUT2D eigenvalue weighted by molar-refractivity contribution is 7.92. The van der Waals surface area contributed by atoms with Crippen molar-refractivity contribution in [3.63, 3.8) is 0 Å². The van der Waals surface area contributed by atoms with E-state index in [4.69, 9.17) is 14.2 Å². The summed E-state index contributed by atoms with van der Waals surface area (Å²) in [5.41, 5.74) is -1.03. The molecule has 42 heavy (non-hydrogen) atoms. The molecule has 2 N–H and O–H groups in total. The molecule has 0 spiro atoms. The van der Waals surface area contributed by atoms with Gasteiger partial charge in [-0.3, -0.25) is 9.62 Å². The van der Waals surface area contributed by atoms with Gasteiger partial charge in [0.2, 0.25) is 5.75 Å². The first-order valence-electron chi connectivity index (χ1n) is 13.4. The van der Waals surface area contributed by atoms with Crippen LogP contribution in [0.4, 0.5) is 5.82 Å². The van der Waals surface area contributed by atoms with Gasteiger partial charge in [-0.05, 0) is 42.3 Å². The van der Waals surface area contributed by atoms with Gasteiger partial charge >= 0.3 is 5.97 Å². The van der Waals surface area contributed by atoms with Gasteiger partial charge in [0.25, 0.3) is 21.6 Å². The number of piperazine rings is 1. The van der Waals surface area contributed by atoms with Crippen LogP contribution in [-0.2, 0) is 20.2 Å². The minimum absolute atomic E-state index is 0.00707. The van der Waals surface area contributed by atoms with E-state index >= 15 is 0 Å². The van der Waals surface area contributed by atoms with Gasteiger partial charge in [-0.25, -0.2) is 18.2 Å². The Bertz CT molecular complexity index is 1520. The second-order valence-electron chi connectivity index (χ2n) is 11.2. The van der Waals surface area contributed by atoms with Crippen LogP contribution in [0.15, 0.2) is 59.8 Å². The molecule has 1 aliphatic heterocycles. The van der Waals surface area contributed by atoms with E-state index < -0.39 is 21.7 Å². The Kier molecular flexibility index (Phi) is 8.95. The normalized spacial score (nSPS) is 16.3. The van der Waals surface area contributed by atoms with E-state index in [1.807, 2.05) is 27.8 Å². The molecule has 12 nitrogen and oxygen atoms in total. The van der Waals surface area contributed by atoms with E-state index in [1.165, 1.54) is 26.2 Å². The SMILES string of the molecule is COc1ccccc1Oc1c(NS(=O)(=O)c2ccc(C(C)(C)C)cc2)ncnc1OC(C)(C(=O)O)N1CCN(C)CC1. The summed E-state index contributed by atoms with van der Waals surface area (Å²) < 4.78 is 47.0. The molecule has 0 aliphatic carbocycles. The number of aromatic nitrogens is 2. The minimum atomic E-state index is -4.15. The molecule has 226 valence electrons. The molecule has 1 fully saturated rings. The van der Waals surface area contributed by atoms with Gasteiger partial charge in [0.15, 0.2) is 17.3 Å². The molecular formula is C29H37N5O7S. The molecule has 3 aromatic rings. The van der Waals surface area contributed by atoms with Gasteiger partial charge in [0.05, 0.1) is 12.0 Å². The molecule has 0 bridgehead atoms. The first-order chi connectivity index (χ1) is 19.7. The number of carboxylic acid groups (broad SMARTS) is 1. The number of carbonyl (C=O) groups is 1. The van der Waals surface area contributed by atoms with Crippen molar-refractivity contribution >= 4 is 21.8 Å². The zero-order valence-electron chi connectivity index (χ0n) is 24.6. The molecule has 13 heteroatoms. The lowest BCUT2D eigenvalue weighted by Crippen LogP contribution is -2.61. The highest BCUT2D eigenvalue weighted by Gasteiger charge is 2.45. The second kappa shape index (κ2) is 12.1. The minimum Gasteiger partial charge on any atom is -0.493 e. The van der Waals surface area contributed by atoms with Crippen LogP contribution in [0.2, 0.25) is 0 Å². The predicted molar refractivity (Wildman–Crippen MR) is 157 cm³/mol. The number of para-hydroxylation sites is 2. The van der Waals surface area contributed by atoms with Crippen molar-refractivity contribution < 1.29 is 32.5 Å². The molecule has 1 aliphatic rings. The highest BCUT2D eigenvalue weighted by atomic mass is 32.2. The summed E-state index contributed by atoms with van der Waals surface area (Å²) in [6.07, 6.45) is 1.08. The van der Waals surface area contributed by atoms with Crippen LogP contribution in [0.5, 0.6) is 23.1 Å². The Labute approximate surface area is 246 Å². The second-order valence-corrected chi connectivity index (χ2v) is 12.9. The fourth-order valence-electron chi connectivity index (χ4n) is 4.39. The highest BCUT2D eigenvalue weighted by Crippen LogP contribution is 2.41. The number of nitrogens with one attached hydrogen (secondary N) is 1. The standard InChI is InChI=1S/C29H37N5O7S/c1-28(2,3)20-11-13-21(14-12-20)42(37,38)32-25-24(40-23-10-8-7-9-22(23)39-6)26(31-19-30-25)41-29(4,27(35)36)34-17-15-33(5)16-18-34/h7-14,19H,15-18H2,1-6H3,(H,35,36)(H,30,31,32). The van der Waals surface area contributed by atoms with Gasteiger partial charge in [-0.2, -0.15) is 4.98 Å². The average Bonchev–Trinajstić information content (AvgIpc) is 2.94. The summed E-state index contributed by atoms with van der Waals surface area (Å²) in [6, 6.07) is 13.2. The summed E-state index contributed by atoms with van der Waals surface area (Å²) >= 11 is 0. The van der Waals surface area contributed by atoms with Crippen molar-refractivity contribution in [3.8, 4) is 23.1 Å². The largest absolute Gasteiger partial charge is 0.493 e. The van der Waals surface area contributed by atoms with Crippen molar-refractivity contribution in [2.24, 2.45) is 0 Å². The molecule has 2 aromatic carbocycles. The monoisotopic (exact) mass is 599 g/mol. The maximum atomic E-state index is 13.5. The van der Waals surface area contributed by atoms with Gasteiger partial charge in [0.1, 0.15) is 6.33 Å². The van der Waals surface area contributed by atoms with E-state index in [0.29, 0.717) is 31.9 Å². The number of benzene rings is 2. The van der Waals surface area contributed by atoms with E-state index in [9.17, 15) is 18.3 Å². The van der Waals surface area contributed by atoms with Crippen molar-refractivity contribution in [2.45, 2.75) is 43.7 Å². The van der Waals surface area contributed by atoms with Crippen molar-refractivity contribution in [2.75, 3.05) is 45.1 Å². The number of likely N-dealkylation sites (N-methyl/N-ethyl adjacent to an activating group) is 1. The predicted octanol–water partition coefficient (Wildman–Crippen LogP) is 3.80. The Morgan fingerprint density at radius 1 is 0.952 bits per heavy atom. The third kappa shape index (κ3) is 6.75. The zero-order valence-corrected chi connectivity index (χ0v) is 25.4. The topological polar surface area (TPSA) is 143 Å². The molecule has 0 amide bonds. The van der Waals surface area contributed by atoms with Crippen LogP contribution in [0.25, 0.3) is 0 Å². The summed E-state index contributed by atoms with van der Waals surface area (Å²) in [4.78, 5) is 24.7. The Balaban J connectivity index is 1.77. The van der Waals surface area contributed by atoms with Crippen molar-refractivity contribution in [3.05, 3.63) is 60.4 Å². The first-order valence-corrected chi connectivity index (χ1v) is 14.9. The van der Waals surface area contributed by atoms with Crippen LogP contribution < -0.4 is 18.9 Å². The van der Waals surface area contributed by atoms with Gasteiger partial charge in [0, 0.05) is 33.1 Å². The Hall–Kier alpha value is -3.94. The number of hydrogen-bond donors (Lipinski definition) is 2. The summed E-state index contributed by atoms with van der Waals surface area (Å²) in [7, 11) is -0.736. The van der Waals surface area contributed by atoms with Crippen molar-refractivity contribution in [1.29, 1.82) is 0 Å². The summed E-state index contributed by atoms with van der Waals surface area (Å²) in [5.74, 6) is -1.41. The molecule has 1 unspecified atom stereocenters. The summed E-state index contributed by atoms with van der Waals surface area (Å²) in [5, 5.41) is 10.3. The van der Waals surface area contributed by atoms with Crippen LogP contribution in [-0.4, -0.2) is 85.3 Å². The van der Waals surface area contributed by atoms with Crippen LogP contribution in [0.3, 0.4) is 0 Å². The molecule has 2 heterocycles. The Morgan fingerprint density at radius 3 is 2.14 bits per heavy atom. The number of hydrogen-bond acceptors (Lipinski definition) is 10. The van der Waals surface area contributed by atoms with Gasteiger partial charge in [-0.15, -0.1) is 0 Å². The van der Waals surface area contributed by atoms with E-state index in [0.717, 1.165) is 11.9 Å². The number of nitrogens with zero attached hydrogens (tertiary/aromatic N) is 4. The first kappa shape index (κ1) is 31.0. The van der Waals surface area contributed by atoms with Gasteiger partial charge in [-0.1, -0.05) is 45.0 Å². The van der Waals surface area contributed by atoms with E-state index in [1.54, 1.807) is 41.3 Å². The third-order valence-corrected chi connectivity index (χ3v) is 8.47. The average molecular weight is 600 g/mol. The fraction of sp³-hybridized carbons (Fsp3) is 0.414. The number of rotatable bonds is 10. The number of ether oxygens (including phenoxy) is 3. The number of aliphatic carboxylic acids is 1. The molecule has 4 rings (SSSR count). The van der Waals surface area contributed by atoms with Gasteiger partial charge < -0.3 is 24.2 Å². The third-order valence-electron chi connectivity index (χ3n) is 7.11. The fourth-order valence-corrected chi connectivity index (χ4v) is 5.41. The molecule has 1 atom stereocenters. The number of sulfonamides is 1. The number of anilines is 1. The summed E-state index contributed by atoms with van der Waals surface area (Å²) in [6.45, 7) is 9.66. The van der Waals surface area contributed by atoms with Crippen molar-refractivity contribution in [1.82, 2.24) is 19.8 Å².